The average Bonchev–Trinajstić information content (AvgIpc) is 2.68. The molecule has 1 fully saturated rings. The highest BCUT2D eigenvalue weighted by atomic mass is 16.5. The molecule has 4 heteroatoms. The van der Waals surface area contributed by atoms with Crippen LogP contribution in [0.25, 0.3) is 0 Å². The molecule has 3 rings (SSSR count). The molecule has 0 spiro atoms. The van der Waals surface area contributed by atoms with Crippen LogP contribution in [0.4, 0.5) is 5.69 Å². The number of amides is 1. The van der Waals surface area contributed by atoms with E-state index in [4.69, 9.17) is 4.74 Å². The van der Waals surface area contributed by atoms with Crippen LogP contribution < -0.4 is 15.4 Å². The van der Waals surface area contributed by atoms with Gasteiger partial charge in [-0.3, -0.25) is 4.79 Å². The Bertz CT molecular complexity index is 709. The molecule has 1 heterocycles. The molecule has 4 nitrogen and oxygen atoms in total. The first-order valence-corrected chi connectivity index (χ1v) is 9.48. The number of benzene rings is 2. The van der Waals surface area contributed by atoms with Gasteiger partial charge in [0.2, 0.25) is 5.91 Å². The van der Waals surface area contributed by atoms with Crippen LogP contribution in [-0.2, 0) is 11.4 Å². The van der Waals surface area contributed by atoms with Gasteiger partial charge < -0.3 is 15.4 Å². The lowest BCUT2D eigenvalue weighted by molar-refractivity contribution is -0.116. The second-order valence-electron chi connectivity index (χ2n) is 7.05. The molecule has 0 aliphatic carbocycles. The van der Waals surface area contributed by atoms with Gasteiger partial charge in [0.15, 0.2) is 0 Å². The van der Waals surface area contributed by atoms with E-state index in [1.165, 1.54) is 12.8 Å². The van der Waals surface area contributed by atoms with Crippen LogP contribution in [0.3, 0.4) is 0 Å². The van der Waals surface area contributed by atoms with E-state index in [0.29, 0.717) is 18.9 Å². The van der Waals surface area contributed by atoms with Crippen molar-refractivity contribution in [2.45, 2.75) is 39.2 Å². The lowest BCUT2D eigenvalue weighted by Crippen LogP contribution is -2.28. The first-order chi connectivity index (χ1) is 12.7. The van der Waals surface area contributed by atoms with E-state index in [-0.39, 0.29) is 5.91 Å². The molecule has 0 bridgehead atoms. The van der Waals surface area contributed by atoms with Crippen molar-refractivity contribution < 1.29 is 9.53 Å². The Morgan fingerprint density at radius 1 is 1.15 bits per heavy atom. The molecule has 1 aliphatic rings. The van der Waals surface area contributed by atoms with E-state index in [1.807, 2.05) is 55.5 Å². The third-order valence-corrected chi connectivity index (χ3v) is 4.89. The molecule has 138 valence electrons. The van der Waals surface area contributed by atoms with Gasteiger partial charge >= 0.3 is 0 Å². The largest absolute Gasteiger partial charge is 0.487 e. The summed E-state index contributed by atoms with van der Waals surface area (Å²) in [6.45, 7) is 4.66. The Hall–Kier alpha value is -2.33. The summed E-state index contributed by atoms with van der Waals surface area (Å²) in [6.07, 6.45) is 3.86. The summed E-state index contributed by atoms with van der Waals surface area (Å²) in [7, 11) is 0. The molecule has 0 saturated carbocycles. The summed E-state index contributed by atoms with van der Waals surface area (Å²) in [5.41, 5.74) is 2.97. The Morgan fingerprint density at radius 2 is 1.92 bits per heavy atom. The second kappa shape index (κ2) is 9.39. The molecule has 0 atom stereocenters. The van der Waals surface area contributed by atoms with Crippen LogP contribution in [0.2, 0.25) is 0 Å². The SMILES string of the molecule is Cc1ccc(NC(=O)CCC2CCNCC2)c(OCc2ccccc2)c1. The molecule has 0 radical (unpaired) electrons. The van der Waals surface area contributed by atoms with Gasteiger partial charge in [-0.25, -0.2) is 0 Å². The van der Waals surface area contributed by atoms with Gasteiger partial charge in [0, 0.05) is 6.42 Å². The number of aryl methyl sites for hydroxylation is 1. The van der Waals surface area contributed by atoms with E-state index in [9.17, 15) is 4.79 Å². The van der Waals surface area contributed by atoms with Crippen LogP contribution in [0.15, 0.2) is 48.5 Å². The van der Waals surface area contributed by atoms with Crippen molar-refractivity contribution in [1.29, 1.82) is 0 Å². The lowest BCUT2D eigenvalue weighted by atomic mass is 9.93. The predicted octanol–water partition coefficient (Wildman–Crippen LogP) is 4.29. The molecule has 1 amide bonds. The normalized spacial score (nSPS) is 14.8. The number of nitrogens with one attached hydrogen (secondary N) is 2. The highest BCUT2D eigenvalue weighted by molar-refractivity contribution is 5.92. The van der Waals surface area contributed by atoms with Crippen molar-refractivity contribution >= 4 is 11.6 Å². The number of carbonyl (C=O) groups excluding carboxylic acids is 1. The van der Waals surface area contributed by atoms with Crippen molar-refractivity contribution in [2.24, 2.45) is 5.92 Å². The van der Waals surface area contributed by atoms with Crippen LogP contribution in [0, 0.1) is 12.8 Å². The number of hydrogen-bond donors (Lipinski definition) is 2. The summed E-state index contributed by atoms with van der Waals surface area (Å²) in [6, 6.07) is 16.0. The number of rotatable bonds is 7. The van der Waals surface area contributed by atoms with Gasteiger partial charge in [-0.15, -0.1) is 0 Å². The third-order valence-electron chi connectivity index (χ3n) is 4.89. The van der Waals surface area contributed by atoms with Crippen molar-refractivity contribution in [3.05, 3.63) is 59.7 Å². The molecular formula is C22H28N2O2. The zero-order valence-electron chi connectivity index (χ0n) is 15.5. The predicted molar refractivity (Wildman–Crippen MR) is 105 cm³/mol. The summed E-state index contributed by atoms with van der Waals surface area (Å²) < 4.78 is 5.98. The van der Waals surface area contributed by atoms with Crippen LogP contribution in [0.5, 0.6) is 5.75 Å². The minimum absolute atomic E-state index is 0.0666. The van der Waals surface area contributed by atoms with Gasteiger partial charge in [-0.1, -0.05) is 36.4 Å². The maximum atomic E-state index is 12.4. The molecule has 1 aliphatic heterocycles. The number of piperidine rings is 1. The molecule has 2 aromatic carbocycles. The Morgan fingerprint density at radius 3 is 2.69 bits per heavy atom. The van der Waals surface area contributed by atoms with Crippen molar-refractivity contribution in [3.8, 4) is 5.75 Å². The van der Waals surface area contributed by atoms with E-state index in [2.05, 4.69) is 10.6 Å². The fourth-order valence-corrected chi connectivity index (χ4v) is 3.31. The quantitative estimate of drug-likeness (QED) is 0.781. The van der Waals surface area contributed by atoms with Gasteiger partial charge in [-0.05, 0) is 68.5 Å². The molecule has 2 aromatic rings. The smallest absolute Gasteiger partial charge is 0.224 e. The van der Waals surface area contributed by atoms with Gasteiger partial charge in [-0.2, -0.15) is 0 Å². The van der Waals surface area contributed by atoms with E-state index in [0.717, 1.165) is 42.1 Å². The Kier molecular flexibility index (Phi) is 6.67. The third kappa shape index (κ3) is 5.60. The molecule has 0 unspecified atom stereocenters. The zero-order chi connectivity index (χ0) is 18.2. The molecular weight excluding hydrogens is 324 g/mol. The van der Waals surface area contributed by atoms with Crippen LogP contribution in [-0.4, -0.2) is 19.0 Å². The number of anilines is 1. The van der Waals surface area contributed by atoms with Gasteiger partial charge in [0.05, 0.1) is 5.69 Å². The monoisotopic (exact) mass is 352 g/mol. The topological polar surface area (TPSA) is 50.4 Å². The number of ether oxygens (including phenoxy) is 1. The van der Waals surface area contributed by atoms with E-state index < -0.39 is 0 Å². The average molecular weight is 352 g/mol. The van der Waals surface area contributed by atoms with Crippen LogP contribution >= 0.6 is 0 Å². The summed E-state index contributed by atoms with van der Waals surface area (Å²) >= 11 is 0. The van der Waals surface area contributed by atoms with E-state index >= 15 is 0 Å². The van der Waals surface area contributed by atoms with Crippen molar-refractivity contribution in [2.75, 3.05) is 18.4 Å². The standard InChI is InChI=1S/C22H28N2O2/c1-17-7-9-20(21(15-17)26-16-19-5-3-2-4-6-19)24-22(25)10-8-18-11-13-23-14-12-18/h2-7,9,15,18,23H,8,10-14,16H2,1H3,(H,24,25). The first-order valence-electron chi connectivity index (χ1n) is 9.48. The van der Waals surface area contributed by atoms with E-state index in [1.54, 1.807) is 0 Å². The summed E-state index contributed by atoms with van der Waals surface area (Å²) in [5.74, 6) is 1.45. The maximum absolute atomic E-state index is 12.4. The first kappa shape index (κ1) is 18.5. The molecule has 26 heavy (non-hydrogen) atoms. The molecule has 1 saturated heterocycles. The Balaban J connectivity index is 1.56. The summed E-state index contributed by atoms with van der Waals surface area (Å²) in [5, 5.41) is 6.40. The zero-order valence-corrected chi connectivity index (χ0v) is 15.5. The molecule has 0 aromatic heterocycles. The highest BCUT2D eigenvalue weighted by Gasteiger charge is 2.15. The maximum Gasteiger partial charge on any atom is 0.224 e. The highest BCUT2D eigenvalue weighted by Crippen LogP contribution is 2.27. The second-order valence-corrected chi connectivity index (χ2v) is 7.05. The number of hydrogen-bond acceptors (Lipinski definition) is 3. The fourth-order valence-electron chi connectivity index (χ4n) is 3.31. The lowest BCUT2D eigenvalue weighted by Gasteiger charge is -2.22. The molecule has 2 N–H and O–H groups in total. The summed E-state index contributed by atoms with van der Waals surface area (Å²) in [4.78, 5) is 12.4. The van der Waals surface area contributed by atoms with Crippen molar-refractivity contribution in [3.63, 3.8) is 0 Å². The van der Waals surface area contributed by atoms with Crippen LogP contribution in [0.1, 0.15) is 36.8 Å². The number of carbonyl (C=O) groups is 1. The minimum atomic E-state index is 0.0666. The Labute approximate surface area is 156 Å². The van der Waals surface area contributed by atoms with Gasteiger partial charge in [0.1, 0.15) is 12.4 Å². The minimum Gasteiger partial charge on any atom is -0.487 e. The van der Waals surface area contributed by atoms with Crippen molar-refractivity contribution in [1.82, 2.24) is 5.32 Å². The van der Waals surface area contributed by atoms with Gasteiger partial charge in [0.25, 0.3) is 0 Å². The fraction of sp³-hybridized carbons (Fsp3) is 0.409.